The first-order chi connectivity index (χ1) is 21.2. The number of carbonyl (C=O) groups is 2. The highest BCUT2D eigenvalue weighted by Crippen LogP contribution is 2.35. The van der Waals surface area contributed by atoms with E-state index in [0.717, 1.165) is 44.2 Å². The Bertz CT molecular complexity index is 1830. The Labute approximate surface area is 258 Å². The molecule has 3 aliphatic rings. The largest absolute Gasteiger partial charge is 0.271 e. The summed E-state index contributed by atoms with van der Waals surface area (Å²) in [5, 5.41) is 14.8. The van der Waals surface area contributed by atoms with Gasteiger partial charge in [-0.25, -0.2) is 13.1 Å². The molecule has 0 radical (unpaired) electrons. The summed E-state index contributed by atoms with van der Waals surface area (Å²) in [6, 6.07) is 18.0. The van der Waals surface area contributed by atoms with Crippen LogP contribution in [0.5, 0.6) is 0 Å². The number of aromatic nitrogens is 2. The monoisotopic (exact) mass is 609 g/mol. The van der Waals surface area contributed by atoms with Gasteiger partial charge in [-0.3, -0.25) is 14.5 Å². The highest BCUT2D eigenvalue weighted by atomic mass is 32.2. The first-order valence-corrected chi connectivity index (χ1v) is 16.6. The summed E-state index contributed by atoms with van der Waals surface area (Å²) in [6.45, 7) is 4.66. The molecule has 2 aliphatic heterocycles. The van der Waals surface area contributed by atoms with E-state index in [1.165, 1.54) is 4.90 Å². The molecule has 0 bridgehead atoms. The highest BCUT2D eigenvalue weighted by molar-refractivity contribution is 7.89. The van der Waals surface area contributed by atoms with Crippen molar-refractivity contribution < 1.29 is 18.0 Å². The van der Waals surface area contributed by atoms with Crippen LogP contribution in [0, 0.1) is 17.2 Å². The average Bonchev–Trinajstić information content (AvgIpc) is 3.71. The van der Waals surface area contributed by atoms with Gasteiger partial charge in [0.15, 0.2) is 0 Å². The van der Waals surface area contributed by atoms with Crippen LogP contribution in [0.3, 0.4) is 0 Å². The van der Waals surface area contributed by atoms with Gasteiger partial charge in [0.2, 0.25) is 10.0 Å². The number of hydrogen-bond donors (Lipinski definition) is 0. The number of sulfonamides is 1. The fourth-order valence-corrected chi connectivity index (χ4v) is 8.14. The Morgan fingerprint density at radius 3 is 2.43 bits per heavy atom. The SMILES string of the molecule is CC1=C(C#N)C(=O)N(C2CCCC2)C(=O)/C1=C/c1cn(-c2ccccc2)nc1-c1cccc(S(=O)(=O)N2CCCC(C)C2)c1. The van der Waals surface area contributed by atoms with Crippen LogP contribution < -0.4 is 0 Å². The van der Waals surface area contributed by atoms with Crippen LogP contribution in [0.4, 0.5) is 0 Å². The van der Waals surface area contributed by atoms with E-state index in [9.17, 15) is 23.3 Å². The van der Waals surface area contributed by atoms with Crippen molar-refractivity contribution in [2.45, 2.75) is 63.3 Å². The first kappa shape index (κ1) is 29.7. The minimum atomic E-state index is -3.72. The van der Waals surface area contributed by atoms with Crippen LogP contribution in [-0.4, -0.2) is 58.3 Å². The Kier molecular flexibility index (Phi) is 8.10. The van der Waals surface area contributed by atoms with E-state index in [4.69, 9.17) is 5.10 Å². The normalized spacial score (nSPS) is 21.3. The number of hydrogen-bond acceptors (Lipinski definition) is 6. The lowest BCUT2D eigenvalue weighted by molar-refractivity contribution is -0.143. The van der Waals surface area contributed by atoms with Crippen molar-refractivity contribution in [3.63, 3.8) is 0 Å². The lowest BCUT2D eigenvalue weighted by Crippen LogP contribution is -2.47. The van der Waals surface area contributed by atoms with Gasteiger partial charge >= 0.3 is 0 Å². The Hall–Kier alpha value is -4.33. The topological polar surface area (TPSA) is 116 Å². The number of para-hydroxylation sites is 1. The zero-order valence-corrected chi connectivity index (χ0v) is 25.8. The predicted octanol–water partition coefficient (Wildman–Crippen LogP) is 5.49. The third-order valence-electron chi connectivity index (χ3n) is 8.89. The van der Waals surface area contributed by atoms with Gasteiger partial charge in [0.1, 0.15) is 17.3 Å². The predicted molar refractivity (Wildman–Crippen MR) is 167 cm³/mol. The maximum Gasteiger partial charge on any atom is 0.271 e. The van der Waals surface area contributed by atoms with Gasteiger partial charge in [0, 0.05) is 42.0 Å². The molecule has 2 aromatic carbocycles. The van der Waals surface area contributed by atoms with Gasteiger partial charge in [-0.15, -0.1) is 0 Å². The second-order valence-corrected chi connectivity index (χ2v) is 13.9. The maximum atomic E-state index is 13.9. The third kappa shape index (κ3) is 5.42. The summed E-state index contributed by atoms with van der Waals surface area (Å²) in [6.07, 6.45) is 8.58. The number of benzene rings is 2. The number of carbonyl (C=O) groups excluding carboxylic acids is 2. The van der Waals surface area contributed by atoms with Crippen molar-refractivity contribution in [2.75, 3.05) is 13.1 Å². The Balaban J connectivity index is 1.48. The summed E-state index contributed by atoms with van der Waals surface area (Å²) in [5.74, 6) is -0.670. The minimum Gasteiger partial charge on any atom is -0.271 e. The summed E-state index contributed by atoms with van der Waals surface area (Å²) < 4.78 is 30.6. The zero-order chi connectivity index (χ0) is 31.0. The molecule has 6 rings (SSSR count). The van der Waals surface area contributed by atoms with Crippen LogP contribution >= 0.6 is 0 Å². The molecule has 2 amide bonds. The van der Waals surface area contributed by atoms with Crippen molar-refractivity contribution in [3.05, 3.63) is 83.1 Å². The van der Waals surface area contributed by atoms with Crippen LogP contribution in [0.2, 0.25) is 0 Å². The molecular formula is C34H35N5O4S. The van der Waals surface area contributed by atoms with Crippen LogP contribution in [0.1, 0.15) is 57.9 Å². The molecule has 226 valence electrons. The van der Waals surface area contributed by atoms with E-state index < -0.39 is 21.8 Å². The molecule has 1 aromatic heterocycles. The lowest BCUT2D eigenvalue weighted by Gasteiger charge is -2.32. The fourth-order valence-electron chi connectivity index (χ4n) is 6.50. The molecule has 0 spiro atoms. The van der Waals surface area contributed by atoms with Gasteiger partial charge in [-0.1, -0.05) is 50.1 Å². The summed E-state index contributed by atoms with van der Waals surface area (Å²) in [7, 11) is -3.72. The summed E-state index contributed by atoms with van der Waals surface area (Å²) in [5.41, 5.74) is 2.95. The minimum absolute atomic E-state index is 0.0383. The maximum absolute atomic E-state index is 13.9. The standard InChI is InChI=1S/C34H35N5O4S/c1-23-10-9-17-37(21-23)44(42,43)29-16-8-11-25(18-29)32-26(22-38(36-32)27-12-4-3-5-13-27)19-30-24(2)31(20-35)34(41)39(33(30)40)28-14-6-7-15-28/h3-5,8,11-13,16,18-19,22-23,28H,6-7,9-10,14-15,17,21H2,1-2H3/b30-19+. The molecule has 1 unspecified atom stereocenters. The second-order valence-electron chi connectivity index (χ2n) is 11.9. The van der Waals surface area contributed by atoms with E-state index in [1.54, 1.807) is 52.4 Å². The van der Waals surface area contributed by atoms with Gasteiger partial charge in [0.25, 0.3) is 11.8 Å². The highest BCUT2D eigenvalue weighted by Gasteiger charge is 2.40. The van der Waals surface area contributed by atoms with Gasteiger partial charge in [-0.05, 0) is 74.4 Å². The fraction of sp³-hybridized carbons (Fsp3) is 0.353. The average molecular weight is 610 g/mol. The first-order valence-electron chi connectivity index (χ1n) is 15.2. The molecule has 1 aliphatic carbocycles. The molecular weight excluding hydrogens is 574 g/mol. The molecule has 1 atom stereocenters. The molecule has 44 heavy (non-hydrogen) atoms. The number of imide groups is 1. The summed E-state index contributed by atoms with van der Waals surface area (Å²) >= 11 is 0. The quantitative estimate of drug-likeness (QED) is 0.269. The van der Waals surface area contributed by atoms with Crippen molar-refractivity contribution in [2.24, 2.45) is 5.92 Å². The molecule has 3 heterocycles. The van der Waals surface area contributed by atoms with E-state index in [2.05, 4.69) is 6.92 Å². The molecule has 2 fully saturated rings. The zero-order valence-electron chi connectivity index (χ0n) is 24.9. The van der Waals surface area contributed by atoms with Crippen LogP contribution in [0.15, 0.2) is 82.4 Å². The Morgan fingerprint density at radius 2 is 1.73 bits per heavy atom. The number of nitrogens with zero attached hydrogens (tertiary/aromatic N) is 5. The van der Waals surface area contributed by atoms with Crippen LogP contribution in [0.25, 0.3) is 23.0 Å². The third-order valence-corrected chi connectivity index (χ3v) is 10.8. The lowest BCUT2D eigenvalue weighted by atomic mass is 9.92. The van der Waals surface area contributed by atoms with Crippen molar-refractivity contribution in [3.8, 4) is 23.0 Å². The van der Waals surface area contributed by atoms with Gasteiger partial charge in [-0.2, -0.15) is 14.7 Å². The van der Waals surface area contributed by atoms with Crippen LogP contribution in [-0.2, 0) is 19.6 Å². The molecule has 3 aromatic rings. The molecule has 1 saturated carbocycles. The van der Waals surface area contributed by atoms with E-state index in [0.29, 0.717) is 41.4 Å². The van der Waals surface area contributed by atoms with Gasteiger partial charge in [0.05, 0.1) is 10.6 Å². The smallest absolute Gasteiger partial charge is 0.271 e. The molecule has 10 heteroatoms. The van der Waals surface area contributed by atoms with E-state index in [1.807, 2.05) is 36.4 Å². The number of nitriles is 1. The number of piperidine rings is 1. The Morgan fingerprint density at radius 1 is 0.977 bits per heavy atom. The second kappa shape index (κ2) is 12.0. The van der Waals surface area contributed by atoms with E-state index >= 15 is 0 Å². The molecule has 1 saturated heterocycles. The molecule has 0 N–H and O–H groups in total. The van der Waals surface area contributed by atoms with Crippen molar-refractivity contribution in [1.82, 2.24) is 19.0 Å². The number of amides is 2. The van der Waals surface area contributed by atoms with E-state index in [-0.39, 0.29) is 22.1 Å². The number of rotatable bonds is 6. The van der Waals surface area contributed by atoms with Crippen molar-refractivity contribution in [1.29, 1.82) is 5.26 Å². The van der Waals surface area contributed by atoms with Crippen molar-refractivity contribution >= 4 is 27.9 Å². The molecule has 9 nitrogen and oxygen atoms in total. The summed E-state index contributed by atoms with van der Waals surface area (Å²) in [4.78, 5) is 28.6. The van der Waals surface area contributed by atoms with Gasteiger partial charge < -0.3 is 0 Å².